The zero-order chi connectivity index (χ0) is 19.3. The lowest BCUT2D eigenvalue weighted by Crippen LogP contribution is -2.09. The van der Waals surface area contributed by atoms with Gasteiger partial charge in [-0.1, -0.05) is 60.1 Å². The van der Waals surface area contributed by atoms with Crippen LogP contribution in [0.1, 0.15) is 0 Å². The van der Waals surface area contributed by atoms with Gasteiger partial charge in [0.2, 0.25) is 0 Å². The first-order chi connectivity index (χ1) is 13.7. The van der Waals surface area contributed by atoms with Gasteiger partial charge in [0.15, 0.2) is 0 Å². The third-order valence-corrected chi connectivity index (χ3v) is 5.53. The summed E-state index contributed by atoms with van der Waals surface area (Å²) < 4.78 is 6.87. The molecule has 0 atom stereocenters. The minimum atomic E-state index is 0.552. The highest BCUT2D eigenvalue weighted by molar-refractivity contribution is 9.10. The fourth-order valence-corrected chi connectivity index (χ4v) is 3.49. The summed E-state index contributed by atoms with van der Waals surface area (Å²) >= 11 is 9.79. The molecule has 0 aromatic heterocycles. The Bertz CT molecular complexity index is 1030. The van der Waals surface area contributed by atoms with E-state index in [4.69, 9.17) is 16.3 Å². The summed E-state index contributed by atoms with van der Waals surface area (Å²) in [6.07, 6.45) is 0. The van der Waals surface area contributed by atoms with Gasteiger partial charge in [-0.3, -0.25) is 0 Å². The van der Waals surface area contributed by atoms with Gasteiger partial charge in [-0.25, -0.2) is 0 Å². The van der Waals surface area contributed by atoms with Crippen LogP contribution in [0.15, 0.2) is 108 Å². The molecule has 0 aliphatic rings. The number of rotatable bonds is 5. The monoisotopic (exact) mass is 449 g/mol. The van der Waals surface area contributed by atoms with E-state index in [1.54, 1.807) is 0 Å². The number of halogens is 2. The Kier molecular flexibility index (Phi) is 5.65. The van der Waals surface area contributed by atoms with Gasteiger partial charge in [0.05, 0.1) is 5.02 Å². The number of anilines is 3. The number of para-hydroxylation sites is 2. The minimum Gasteiger partial charge on any atom is -0.456 e. The lowest BCUT2D eigenvalue weighted by molar-refractivity contribution is 0.483. The van der Waals surface area contributed by atoms with Crippen molar-refractivity contribution in [3.05, 3.63) is 113 Å². The number of hydrogen-bond acceptors (Lipinski definition) is 2. The molecule has 0 aliphatic carbocycles. The molecule has 4 aromatic rings. The average molecular weight is 451 g/mol. The second-order valence-electron chi connectivity index (χ2n) is 6.16. The molecule has 4 heteroatoms. The normalized spacial score (nSPS) is 10.5. The van der Waals surface area contributed by atoms with Gasteiger partial charge in [-0.15, -0.1) is 0 Å². The van der Waals surface area contributed by atoms with E-state index >= 15 is 0 Å². The molecule has 0 bridgehead atoms. The zero-order valence-corrected chi connectivity index (χ0v) is 17.3. The molecule has 138 valence electrons. The van der Waals surface area contributed by atoms with E-state index in [2.05, 4.69) is 51.2 Å². The van der Waals surface area contributed by atoms with Crippen molar-refractivity contribution in [1.29, 1.82) is 0 Å². The fraction of sp³-hybridized carbons (Fsp3) is 0. The van der Waals surface area contributed by atoms with Crippen LogP contribution in [0.3, 0.4) is 0 Å². The Morgan fingerprint density at radius 2 is 1.21 bits per heavy atom. The third kappa shape index (κ3) is 4.06. The standard InChI is InChI=1S/C24H17BrClNO/c25-22-15-8-16-23(24(22)26)28-21-14-7-13-20(17-21)27(18-9-3-1-4-10-18)19-11-5-2-6-12-19/h1-17H. The van der Waals surface area contributed by atoms with Crippen LogP contribution >= 0.6 is 27.5 Å². The van der Waals surface area contributed by atoms with Gasteiger partial charge in [0.25, 0.3) is 0 Å². The van der Waals surface area contributed by atoms with Crippen molar-refractivity contribution in [3.8, 4) is 11.5 Å². The Balaban J connectivity index is 1.74. The van der Waals surface area contributed by atoms with Gasteiger partial charge >= 0.3 is 0 Å². The largest absolute Gasteiger partial charge is 0.456 e. The van der Waals surface area contributed by atoms with Crippen LogP contribution in [-0.4, -0.2) is 0 Å². The van der Waals surface area contributed by atoms with Crippen molar-refractivity contribution in [2.45, 2.75) is 0 Å². The average Bonchev–Trinajstić information content (AvgIpc) is 2.74. The summed E-state index contributed by atoms with van der Waals surface area (Å²) in [5.74, 6) is 1.33. The van der Waals surface area contributed by atoms with E-state index < -0.39 is 0 Å². The van der Waals surface area contributed by atoms with Crippen molar-refractivity contribution < 1.29 is 4.74 Å². The van der Waals surface area contributed by atoms with Crippen LogP contribution < -0.4 is 9.64 Å². The molecule has 4 aromatic carbocycles. The number of hydrogen-bond donors (Lipinski definition) is 0. The van der Waals surface area contributed by atoms with E-state index in [0.29, 0.717) is 10.8 Å². The molecule has 0 saturated heterocycles. The van der Waals surface area contributed by atoms with Gasteiger partial charge in [0, 0.05) is 27.6 Å². The number of nitrogens with zero attached hydrogens (tertiary/aromatic N) is 1. The maximum atomic E-state index is 6.35. The maximum Gasteiger partial charge on any atom is 0.147 e. The molecular formula is C24H17BrClNO. The highest BCUT2D eigenvalue weighted by Crippen LogP contribution is 2.38. The van der Waals surface area contributed by atoms with Crippen LogP contribution in [-0.2, 0) is 0 Å². The highest BCUT2D eigenvalue weighted by atomic mass is 79.9. The van der Waals surface area contributed by atoms with Crippen molar-refractivity contribution in [2.24, 2.45) is 0 Å². The zero-order valence-electron chi connectivity index (χ0n) is 14.9. The molecule has 0 fully saturated rings. The molecule has 2 nitrogen and oxygen atoms in total. The first kappa shape index (κ1) is 18.6. The first-order valence-corrected chi connectivity index (χ1v) is 10.0. The first-order valence-electron chi connectivity index (χ1n) is 8.84. The van der Waals surface area contributed by atoms with E-state index in [0.717, 1.165) is 27.3 Å². The smallest absolute Gasteiger partial charge is 0.147 e. The van der Waals surface area contributed by atoms with Crippen LogP contribution in [0.25, 0.3) is 0 Å². The van der Waals surface area contributed by atoms with Gasteiger partial charge in [0.1, 0.15) is 11.5 Å². The number of ether oxygens (including phenoxy) is 1. The molecule has 0 unspecified atom stereocenters. The van der Waals surface area contributed by atoms with Crippen molar-refractivity contribution in [1.82, 2.24) is 0 Å². The summed E-state index contributed by atoms with van der Waals surface area (Å²) in [6, 6.07) is 34.1. The summed E-state index contributed by atoms with van der Waals surface area (Å²) in [6.45, 7) is 0. The molecule has 0 heterocycles. The quantitative estimate of drug-likeness (QED) is 0.303. The van der Waals surface area contributed by atoms with Crippen molar-refractivity contribution >= 4 is 44.6 Å². The molecule has 0 saturated carbocycles. The van der Waals surface area contributed by atoms with Crippen LogP contribution in [0.5, 0.6) is 11.5 Å². The molecular weight excluding hydrogens is 434 g/mol. The van der Waals surface area contributed by atoms with Gasteiger partial charge in [-0.2, -0.15) is 0 Å². The Morgan fingerprint density at radius 3 is 1.86 bits per heavy atom. The third-order valence-electron chi connectivity index (χ3n) is 4.25. The summed E-state index contributed by atoms with van der Waals surface area (Å²) in [5.41, 5.74) is 3.15. The summed E-state index contributed by atoms with van der Waals surface area (Å²) in [5, 5.41) is 0.552. The van der Waals surface area contributed by atoms with E-state index in [1.165, 1.54) is 0 Å². The SMILES string of the molecule is Clc1c(Br)cccc1Oc1cccc(N(c2ccccc2)c2ccccc2)c1. The molecule has 0 N–H and O–H groups in total. The fourth-order valence-electron chi connectivity index (χ4n) is 2.98. The predicted octanol–water partition coefficient (Wildman–Crippen LogP) is 8.36. The Hall–Kier alpha value is -2.75. The Morgan fingerprint density at radius 1 is 0.643 bits per heavy atom. The van der Waals surface area contributed by atoms with Crippen LogP contribution in [0.4, 0.5) is 17.1 Å². The van der Waals surface area contributed by atoms with E-state index in [1.807, 2.05) is 72.8 Å². The summed E-state index contributed by atoms with van der Waals surface area (Å²) in [7, 11) is 0. The number of benzene rings is 4. The Labute approximate surface area is 178 Å². The van der Waals surface area contributed by atoms with E-state index in [9.17, 15) is 0 Å². The van der Waals surface area contributed by atoms with Crippen LogP contribution in [0.2, 0.25) is 5.02 Å². The van der Waals surface area contributed by atoms with Crippen molar-refractivity contribution in [3.63, 3.8) is 0 Å². The maximum absolute atomic E-state index is 6.35. The van der Waals surface area contributed by atoms with Gasteiger partial charge < -0.3 is 9.64 Å². The molecule has 0 amide bonds. The topological polar surface area (TPSA) is 12.5 Å². The lowest BCUT2D eigenvalue weighted by atomic mass is 10.2. The molecule has 4 rings (SSSR count). The van der Waals surface area contributed by atoms with Gasteiger partial charge in [-0.05, 0) is 64.5 Å². The predicted molar refractivity (Wildman–Crippen MR) is 120 cm³/mol. The molecule has 0 aliphatic heterocycles. The van der Waals surface area contributed by atoms with E-state index in [-0.39, 0.29) is 0 Å². The van der Waals surface area contributed by atoms with Crippen molar-refractivity contribution in [2.75, 3.05) is 4.90 Å². The molecule has 0 spiro atoms. The molecule has 0 radical (unpaired) electrons. The second kappa shape index (κ2) is 8.51. The second-order valence-corrected chi connectivity index (χ2v) is 7.39. The lowest BCUT2D eigenvalue weighted by Gasteiger charge is -2.25. The molecule has 28 heavy (non-hydrogen) atoms. The summed E-state index contributed by atoms with van der Waals surface area (Å²) in [4.78, 5) is 2.19. The highest BCUT2D eigenvalue weighted by Gasteiger charge is 2.13. The minimum absolute atomic E-state index is 0.552. The van der Waals surface area contributed by atoms with Crippen LogP contribution in [0, 0.1) is 0 Å².